The third-order valence-corrected chi connectivity index (χ3v) is 2.88. The van der Waals surface area contributed by atoms with Crippen molar-refractivity contribution in [1.29, 1.82) is 0 Å². The molecule has 0 saturated carbocycles. The maximum absolute atomic E-state index is 5.85. The van der Waals surface area contributed by atoms with Crippen molar-refractivity contribution in [2.45, 2.75) is 26.8 Å². The van der Waals surface area contributed by atoms with Crippen LogP contribution in [0.5, 0.6) is 17.4 Å². The smallest absolute Gasteiger partial charge is 0.219 e. The number of aromatic nitrogens is 1. The standard InChI is InChI=1S/C17H22N2O2/c1-3-12-18-13-14-8-7-11-17(19-14)21-16-10-6-5-9-15(16)20-4-2/h5-11,18H,3-4,12-13H2,1-2H3. The largest absolute Gasteiger partial charge is 0.490 e. The van der Waals surface area contributed by atoms with Crippen LogP contribution in [-0.4, -0.2) is 18.1 Å². The zero-order valence-electron chi connectivity index (χ0n) is 12.6. The second-order valence-electron chi connectivity index (χ2n) is 4.63. The van der Waals surface area contributed by atoms with Gasteiger partial charge in [-0.25, -0.2) is 4.98 Å². The lowest BCUT2D eigenvalue weighted by Gasteiger charge is -2.11. The van der Waals surface area contributed by atoms with Crippen LogP contribution in [0, 0.1) is 0 Å². The first-order chi connectivity index (χ1) is 10.3. The molecule has 0 unspecified atom stereocenters. The highest BCUT2D eigenvalue weighted by molar-refractivity contribution is 5.41. The summed E-state index contributed by atoms with van der Waals surface area (Å²) in [5, 5.41) is 3.33. The summed E-state index contributed by atoms with van der Waals surface area (Å²) < 4.78 is 11.4. The van der Waals surface area contributed by atoms with E-state index < -0.39 is 0 Å². The van der Waals surface area contributed by atoms with Crippen LogP contribution in [0.15, 0.2) is 42.5 Å². The van der Waals surface area contributed by atoms with Crippen LogP contribution in [-0.2, 0) is 6.54 Å². The second-order valence-corrected chi connectivity index (χ2v) is 4.63. The molecule has 0 bridgehead atoms. The maximum atomic E-state index is 5.85. The van der Waals surface area contributed by atoms with Gasteiger partial charge in [-0.3, -0.25) is 0 Å². The van der Waals surface area contributed by atoms with E-state index in [1.165, 1.54) is 0 Å². The average molecular weight is 286 g/mol. The van der Waals surface area contributed by atoms with Gasteiger partial charge in [0.25, 0.3) is 0 Å². The summed E-state index contributed by atoms with van der Waals surface area (Å²) in [6.45, 7) is 6.44. The summed E-state index contributed by atoms with van der Waals surface area (Å²) in [6, 6.07) is 13.4. The Balaban J connectivity index is 2.07. The number of hydrogen-bond donors (Lipinski definition) is 1. The van der Waals surface area contributed by atoms with Crippen LogP contribution in [0.4, 0.5) is 0 Å². The molecule has 0 aliphatic carbocycles. The lowest BCUT2D eigenvalue weighted by Crippen LogP contribution is -2.14. The van der Waals surface area contributed by atoms with E-state index in [0.29, 0.717) is 18.2 Å². The molecule has 2 aromatic rings. The van der Waals surface area contributed by atoms with Crippen molar-refractivity contribution in [3.8, 4) is 17.4 Å². The number of benzene rings is 1. The fourth-order valence-electron chi connectivity index (χ4n) is 1.93. The number of hydrogen-bond acceptors (Lipinski definition) is 4. The van der Waals surface area contributed by atoms with E-state index in [4.69, 9.17) is 9.47 Å². The van der Waals surface area contributed by atoms with Gasteiger partial charge in [0.05, 0.1) is 12.3 Å². The molecule has 0 saturated heterocycles. The Morgan fingerprint density at radius 3 is 2.57 bits per heavy atom. The predicted octanol–water partition coefficient (Wildman–Crippen LogP) is 3.77. The average Bonchev–Trinajstić information content (AvgIpc) is 2.50. The van der Waals surface area contributed by atoms with Crippen LogP contribution in [0.25, 0.3) is 0 Å². The Morgan fingerprint density at radius 1 is 1.00 bits per heavy atom. The minimum atomic E-state index is 0.581. The SMILES string of the molecule is CCCNCc1cccc(Oc2ccccc2OCC)n1. The van der Waals surface area contributed by atoms with Gasteiger partial charge in [-0.15, -0.1) is 0 Å². The van der Waals surface area contributed by atoms with E-state index in [9.17, 15) is 0 Å². The van der Waals surface area contributed by atoms with Gasteiger partial charge in [0.15, 0.2) is 11.5 Å². The van der Waals surface area contributed by atoms with Gasteiger partial charge in [-0.05, 0) is 38.1 Å². The highest BCUT2D eigenvalue weighted by Crippen LogP contribution is 2.30. The molecule has 21 heavy (non-hydrogen) atoms. The maximum Gasteiger partial charge on any atom is 0.219 e. The normalized spacial score (nSPS) is 10.4. The molecule has 0 amide bonds. The number of pyridine rings is 1. The fourth-order valence-corrected chi connectivity index (χ4v) is 1.93. The van der Waals surface area contributed by atoms with Crippen molar-refractivity contribution >= 4 is 0 Å². The van der Waals surface area contributed by atoms with Gasteiger partial charge < -0.3 is 14.8 Å². The molecule has 0 radical (unpaired) electrons. The minimum Gasteiger partial charge on any atom is -0.490 e. The molecule has 1 aromatic carbocycles. The van der Waals surface area contributed by atoms with E-state index in [-0.39, 0.29) is 0 Å². The summed E-state index contributed by atoms with van der Waals surface area (Å²) in [7, 11) is 0. The minimum absolute atomic E-state index is 0.581. The van der Waals surface area contributed by atoms with Gasteiger partial charge in [0.1, 0.15) is 0 Å². The molecule has 4 nitrogen and oxygen atoms in total. The first kappa shape index (κ1) is 15.3. The van der Waals surface area contributed by atoms with Crippen LogP contribution in [0.2, 0.25) is 0 Å². The summed E-state index contributed by atoms with van der Waals surface area (Å²) in [5.41, 5.74) is 0.967. The molecule has 1 N–H and O–H groups in total. The van der Waals surface area contributed by atoms with Crippen molar-refractivity contribution in [1.82, 2.24) is 10.3 Å². The fraction of sp³-hybridized carbons (Fsp3) is 0.353. The number of ether oxygens (including phenoxy) is 2. The molecule has 0 spiro atoms. The topological polar surface area (TPSA) is 43.4 Å². The Morgan fingerprint density at radius 2 is 1.81 bits per heavy atom. The molecule has 0 aliphatic heterocycles. The summed E-state index contributed by atoms with van der Waals surface area (Å²) in [6.07, 6.45) is 1.11. The predicted molar refractivity (Wildman–Crippen MR) is 83.9 cm³/mol. The number of para-hydroxylation sites is 2. The molecule has 0 fully saturated rings. The molecular weight excluding hydrogens is 264 g/mol. The van der Waals surface area contributed by atoms with Crippen molar-refractivity contribution in [3.63, 3.8) is 0 Å². The van der Waals surface area contributed by atoms with E-state index in [2.05, 4.69) is 17.2 Å². The quantitative estimate of drug-likeness (QED) is 0.750. The molecular formula is C17H22N2O2. The first-order valence-electron chi connectivity index (χ1n) is 7.39. The molecule has 0 atom stereocenters. The first-order valence-corrected chi connectivity index (χ1v) is 7.39. The Labute approximate surface area is 126 Å². The Bertz CT molecular complexity index is 558. The highest BCUT2D eigenvalue weighted by atomic mass is 16.5. The Hall–Kier alpha value is -2.07. The van der Waals surface area contributed by atoms with E-state index >= 15 is 0 Å². The van der Waals surface area contributed by atoms with Crippen LogP contribution < -0.4 is 14.8 Å². The number of nitrogens with zero attached hydrogens (tertiary/aromatic N) is 1. The van der Waals surface area contributed by atoms with Gasteiger partial charge in [-0.2, -0.15) is 0 Å². The zero-order valence-corrected chi connectivity index (χ0v) is 12.6. The van der Waals surface area contributed by atoms with Crippen LogP contribution >= 0.6 is 0 Å². The Kier molecular flexibility index (Phi) is 6.03. The summed E-state index contributed by atoms with van der Waals surface area (Å²) in [5.74, 6) is 2.00. The van der Waals surface area contributed by atoms with Crippen LogP contribution in [0.3, 0.4) is 0 Å². The van der Waals surface area contributed by atoms with Gasteiger partial charge in [0, 0.05) is 12.6 Å². The molecule has 1 heterocycles. The third kappa shape index (κ3) is 4.76. The van der Waals surface area contributed by atoms with Crippen molar-refractivity contribution < 1.29 is 9.47 Å². The van der Waals surface area contributed by atoms with Gasteiger partial charge in [0.2, 0.25) is 5.88 Å². The third-order valence-electron chi connectivity index (χ3n) is 2.88. The van der Waals surface area contributed by atoms with Crippen LogP contribution in [0.1, 0.15) is 26.0 Å². The summed E-state index contributed by atoms with van der Waals surface area (Å²) in [4.78, 5) is 4.50. The molecule has 0 aliphatic rings. The van der Waals surface area contributed by atoms with E-state index in [1.54, 1.807) is 0 Å². The van der Waals surface area contributed by atoms with E-state index in [1.807, 2.05) is 49.4 Å². The molecule has 1 aromatic heterocycles. The highest BCUT2D eigenvalue weighted by Gasteiger charge is 2.06. The summed E-state index contributed by atoms with van der Waals surface area (Å²) >= 11 is 0. The lowest BCUT2D eigenvalue weighted by molar-refractivity contribution is 0.319. The van der Waals surface area contributed by atoms with Crippen molar-refractivity contribution in [3.05, 3.63) is 48.2 Å². The van der Waals surface area contributed by atoms with Gasteiger partial charge in [-0.1, -0.05) is 25.1 Å². The lowest BCUT2D eigenvalue weighted by atomic mass is 10.3. The number of rotatable bonds is 8. The van der Waals surface area contributed by atoms with Gasteiger partial charge >= 0.3 is 0 Å². The monoisotopic (exact) mass is 286 g/mol. The number of nitrogens with one attached hydrogen (secondary N) is 1. The van der Waals surface area contributed by atoms with Crippen molar-refractivity contribution in [2.24, 2.45) is 0 Å². The molecule has 4 heteroatoms. The van der Waals surface area contributed by atoms with Crippen molar-refractivity contribution in [2.75, 3.05) is 13.2 Å². The molecule has 2 rings (SSSR count). The zero-order chi connectivity index (χ0) is 14.9. The second kappa shape index (κ2) is 8.27. The molecule has 112 valence electrons. The van der Waals surface area contributed by atoms with E-state index in [0.717, 1.165) is 31.0 Å².